The Morgan fingerprint density at radius 3 is 2.44 bits per heavy atom. The Morgan fingerprint density at radius 1 is 1.33 bits per heavy atom. The quantitative estimate of drug-likeness (QED) is 0.838. The van der Waals surface area contributed by atoms with E-state index in [2.05, 4.69) is 5.32 Å². The molecule has 0 radical (unpaired) electrons. The van der Waals surface area contributed by atoms with E-state index in [9.17, 15) is 9.59 Å². The summed E-state index contributed by atoms with van der Waals surface area (Å²) in [5.74, 6) is -0.385. The number of ether oxygens (including phenoxy) is 2. The number of anilines is 1. The lowest BCUT2D eigenvalue weighted by molar-refractivity contribution is -0.131. The summed E-state index contributed by atoms with van der Waals surface area (Å²) in [6, 6.07) is 1.73. The second-order valence-electron chi connectivity index (χ2n) is 4.80. The summed E-state index contributed by atoms with van der Waals surface area (Å²) in [7, 11) is 0. The second kappa shape index (κ2) is 5.39. The van der Waals surface area contributed by atoms with Gasteiger partial charge >= 0.3 is 12.1 Å². The van der Waals surface area contributed by atoms with E-state index < -0.39 is 11.7 Å². The number of rotatable bonds is 2. The number of carbonyl (C=O) groups is 2. The number of amides is 1. The Bertz CT molecular complexity index is 459. The highest BCUT2D eigenvalue weighted by Crippen LogP contribution is 2.34. The summed E-state index contributed by atoms with van der Waals surface area (Å²) < 4.78 is 10.1. The van der Waals surface area contributed by atoms with Crippen molar-refractivity contribution in [1.82, 2.24) is 0 Å². The minimum Gasteiger partial charge on any atom is -0.444 e. The zero-order valence-corrected chi connectivity index (χ0v) is 11.9. The van der Waals surface area contributed by atoms with E-state index in [-0.39, 0.29) is 5.97 Å². The summed E-state index contributed by atoms with van der Waals surface area (Å²) in [5, 5.41) is 3.66. The third kappa shape index (κ3) is 4.75. The van der Waals surface area contributed by atoms with Crippen LogP contribution in [0.3, 0.4) is 0 Å². The number of hydrogen-bond donors (Lipinski definition) is 1. The minimum absolute atomic E-state index is 0.385. The third-order valence-corrected chi connectivity index (χ3v) is 2.76. The number of carbonyl (C=O) groups excluding carboxylic acids is 2. The van der Waals surface area contributed by atoms with Crippen LogP contribution in [0.4, 0.5) is 9.80 Å². The van der Waals surface area contributed by atoms with Gasteiger partial charge in [-0.15, -0.1) is 0 Å². The Labute approximate surface area is 110 Å². The molecule has 0 spiro atoms. The smallest absolute Gasteiger partial charge is 0.412 e. The fourth-order valence-electron chi connectivity index (χ4n) is 1.16. The van der Waals surface area contributed by atoms with Crippen LogP contribution in [0.15, 0.2) is 6.07 Å². The number of hydrogen-bond acceptors (Lipinski definition) is 5. The first-order valence-corrected chi connectivity index (χ1v) is 6.28. The molecule has 100 valence electrons. The van der Waals surface area contributed by atoms with E-state index in [1.54, 1.807) is 33.8 Å². The van der Waals surface area contributed by atoms with Crippen molar-refractivity contribution in [3.63, 3.8) is 0 Å². The number of aryl methyl sites for hydroxylation is 1. The molecule has 0 unspecified atom stereocenters. The zero-order valence-electron chi connectivity index (χ0n) is 11.1. The van der Waals surface area contributed by atoms with Crippen LogP contribution in [0.2, 0.25) is 0 Å². The molecule has 0 aliphatic heterocycles. The normalized spacial score (nSPS) is 10.9. The van der Waals surface area contributed by atoms with Gasteiger partial charge in [0.1, 0.15) is 10.6 Å². The molecule has 0 aliphatic rings. The van der Waals surface area contributed by atoms with Crippen molar-refractivity contribution >= 4 is 28.4 Å². The highest BCUT2D eigenvalue weighted by Gasteiger charge is 2.17. The Morgan fingerprint density at radius 2 is 1.94 bits per heavy atom. The van der Waals surface area contributed by atoms with Gasteiger partial charge in [0.2, 0.25) is 0 Å². The summed E-state index contributed by atoms with van der Waals surface area (Å²) in [4.78, 5) is 22.4. The molecule has 0 fully saturated rings. The first-order valence-electron chi connectivity index (χ1n) is 5.46. The molecule has 1 N–H and O–H groups in total. The number of nitrogens with one attached hydrogen (secondary N) is 1. The standard InChI is InChI=1S/C12H17NO4S/c1-7-6-9(18-10(7)16-8(2)14)13-11(15)17-12(3,4)5/h6H,1-5H3,(H,13,15). The van der Waals surface area contributed by atoms with Crippen LogP contribution < -0.4 is 10.1 Å². The van der Waals surface area contributed by atoms with Crippen molar-refractivity contribution in [3.05, 3.63) is 11.6 Å². The van der Waals surface area contributed by atoms with Crippen LogP contribution >= 0.6 is 11.3 Å². The minimum atomic E-state index is -0.547. The molecule has 0 aliphatic carbocycles. The van der Waals surface area contributed by atoms with Gasteiger partial charge in [-0.3, -0.25) is 10.1 Å². The van der Waals surface area contributed by atoms with E-state index in [0.29, 0.717) is 10.1 Å². The summed E-state index contributed by atoms with van der Waals surface area (Å²) >= 11 is 1.19. The average Bonchev–Trinajstić information content (AvgIpc) is 2.41. The van der Waals surface area contributed by atoms with E-state index in [1.165, 1.54) is 18.3 Å². The van der Waals surface area contributed by atoms with Crippen LogP contribution in [0.1, 0.15) is 33.3 Å². The van der Waals surface area contributed by atoms with Gasteiger partial charge < -0.3 is 9.47 Å². The Kier molecular flexibility index (Phi) is 4.34. The zero-order chi connectivity index (χ0) is 13.9. The molecule has 1 aromatic heterocycles. The van der Waals surface area contributed by atoms with E-state index in [4.69, 9.17) is 9.47 Å². The third-order valence-electron chi connectivity index (χ3n) is 1.73. The van der Waals surface area contributed by atoms with Gasteiger partial charge in [-0.1, -0.05) is 11.3 Å². The van der Waals surface area contributed by atoms with E-state index in [1.807, 2.05) is 0 Å². The molecule has 0 aromatic carbocycles. The van der Waals surface area contributed by atoms with E-state index >= 15 is 0 Å². The molecular weight excluding hydrogens is 254 g/mol. The maximum absolute atomic E-state index is 11.5. The monoisotopic (exact) mass is 271 g/mol. The summed E-state index contributed by atoms with van der Waals surface area (Å²) in [6.07, 6.45) is -0.530. The molecule has 1 aromatic rings. The molecule has 1 heterocycles. The van der Waals surface area contributed by atoms with Gasteiger partial charge in [0.15, 0.2) is 5.06 Å². The highest BCUT2D eigenvalue weighted by atomic mass is 32.1. The van der Waals surface area contributed by atoms with Gasteiger partial charge in [-0.25, -0.2) is 4.79 Å². The fraction of sp³-hybridized carbons (Fsp3) is 0.500. The van der Waals surface area contributed by atoms with Crippen molar-refractivity contribution < 1.29 is 19.1 Å². The van der Waals surface area contributed by atoms with Crippen LogP contribution in [0.5, 0.6) is 5.06 Å². The molecular formula is C12H17NO4S. The lowest BCUT2D eigenvalue weighted by Crippen LogP contribution is -2.26. The van der Waals surface area contributed by atoms with Gasteiger partial charge in [0.05, 0.1) is 0 Å². The predicted octanol–water partition coefficient (Wildman–Crippen LogP) is 3.33. The van der Waals surface area contributed by atoms with Crippen molar-refractivity contribution in [2.75, 3.05) is 5.32 Å². The van der Waals surface area contributed by atoms with Crippen LogP contribution in [0, 0.1) is 6.92 Å². The fourth-order valence-corrected chi connectivity index (χ4v) is 2.11. The highest BCUT2D eigenvalue weighted by molar-refractivity contribution is 7.18. The second-order valence-corrected chi connectivity index (χ2v) is 5.82. The van der Waals surface area contributed by atoms with Gasteiger partial charge in [-0.05, 0) is 33.8 Å². The predicted molar refractivity (Wildman–Crippen MR) is 70.2 cm³/mol. The molecule has 1 amide bonds. The summed E-state index contributed by atoms with van der Waals surface area (Å²) in [5.41, 5.74) is 0.246. The maximum atomic E-state index is 11.5. The molecule has 0 bridgehead atoms. The van der Waals surface area contributed by atoms with Gasteiger partial charge in [-0.2, -0.15) is 0 Å². The molecule has 5 nitrogen and oxygen atoms in total. The largest absolute Gasteiger partial charge is 0.444 e. The molecule has 6 heteroatoms. The lowest BCUT2D eigenvalue weighted by Gasteiger charge is -2.19. The molecule has 1 rings (SSSR count). The maximum Gasteiger partial charge on any atom is 0.412 e. The topological polar surface area (TPSA) is 64.6 Å². The van der Waals surface area contributed by atoms with Crippen LogP contribution in [-0.2, 0) is 9.53 Å². The van der Waals surface area contributed by atoms with Crippen molar-refractivity contribution in [2.45, 2.75) is 40.2 Å². The molecule has 0 atom stereocenters. The molecule has 0 saturated heterocycles. The molecule has 0 saturated carbocycles. The van der Waals surface area contributed by atoms with Crippen molar-refractivity contribution in [2.24, 2.45) is 0 Å². The van der Waals surface area contributed by atoms with Crippen LogP contribution in [0.25, 0.3) is 0 Å². The number of esters is 1. The molecule has 18 heavy (non-hydrogen) atoms. The lowest BCUT2D eigenvalue weighted by atomic mass is 10.2. The van der Waals surface area contributed by atoms with Crippen LogP contribution in [-0.4, -0.2) is 17.7 Å². The SMILES string of the molecule is CC(=O)Oc1sc(NC(=O)OC(C)(C)C)cc1C. The first-order chi connectivity index (χ1) is 8.17. The average molecular weight is 271 g/mol. The van der Waals surface area contributed by atoms with Gasteiger partial charge in [0, 0.05) is 12.5 Å². The van der Waals surface area contributed by atoms with Gasteiger partial charge in [0.25, 0.3) is 0 Å². The van der Waals surface area contributed by atoms with E-state index in [0.717, 1.165) is 5.56 Å². The Hall–Kier alpha value is -1.56. The van der Waals surface area contributed by atoms with Crippen molar-refractivity contribution in [1.29, 1.82) is 0 Å². The first kappa shape index (κ1) is 14.5. The number of thiophene rings is 1. The Balaban J connectivity index is 2.69. The summed E-state index contributed by atoms with van der Waals surface area (Å²) in [6.45, 7) is 8.50. The van der Waals surface area contributed by atoms with Crippen molar-refractivity contribution in [3.8, 4) is 5.06 Å².